The molecule has 1 unspecified atom stereocenters. The number of hydrogen-bond acceptors (Lipinski definition) is 1. The minimum atomic E-state index is 0.512. The zero-order chi connectivity index (χ0) is 10.3. The maximum Gasteiger partial charge on any atom is 0.00436 e. The summed E-state index contributed by atoms with van der Waals surface area (Å²) in [5.74, 6) is 0. The van der Waals surface area contributed by atoms with Gasteiger partial charge in [-0.1, -0.05) is 40.5 Å². The Morgan fingerprint density at radius 3 is 2.31 bits per heavy atom. The molecule has 0 saturated carbocycles. The first-order valence-corrected chi connectivity index (χ1v) is 5.75. The summed E-state index contributed by atoms with van der Waals surface area (Å²) in [6, 6.07) is 0.664. The normalized spacial score (nSPS) is 14.5. The largest absolute Gasteiger partial charge is 0.315 e. The van der Waals surface area contributed by atoms with Gasteiger partial charge in [0.15, 0.2) is 0 Å². The minimum Gasteiger partial charge on any atom is -0.315 e. The second-order valence-corrected chi connectivity index (χ2v) is 4.93. The highest BCUT2D eigenvalue weighted by molar-refractivity contribution is 4.74. The van der Waals surface area contributed by atoms with E-state index in [4.69, 9.17) is 0 Å². The summed E-state index contributed by atoms with van der Waals surface area (Å²) in [6.07, 6.45) is 5.34. The van der Waals surface area contributed by atoms with Gasteiger partial charge in [0, 0.05) is 6.04 Å². The van der Waals surface area contributed by atoms with Gasteiger partial charge in [0.25, 0.3) is 0 Å². The van der Waals surface area contributed by atoms with E-state index in [9.17, 15) is 0 Å². The average molecular weight is 185 g/mol. The van der Waals surface area contributed by atoms with E-state index < -0.39 is 0 Å². The van der Waals surface area contributed by atoms with Crippen LogP contribution >= 0.6 is 0 Å². The van der Waals surface area contributed by atoms with Crippen LogP contribution < -0.4 is 5.32 Å². The fraction of sp³-hybridized carbons (Fsp3) is 1.00. The molecule has 0 amide bonds. The quantitative estimate of drug-likeness (QED) is 0.639. The van der Waals surface area contributed by atoms with Gasteiger partial charge in [-0.3, -0.25) is 0 Å². The third-order valence-electron chi connectivity index (χ3n) is 2.62. The molecule has 1 heteroatoms. The molecule has 0 aliphatic rings. The Morgan fingerprint density at radius 1 is 1.23 bits per heavy atom. The smallest absolute Gasteiger partial charge is 0.00436 e. The van der Waals surface area contributed by atoms with Crippen molar-refractivity contribution in [3.8, 4) is 0 Å². The molecule has 80 valence electrons. The number of rotatable bonds is 7. The monoisotopic (exact) mass is 185 g/mol. The van der Waals surface area contributed by atoms with Gasteiger partial charge in [0.2, 0.25) is 0 Å². The molecule has 0 aliphatic carbocycles. The van der Waals surface area contributed by atoms with Crippen molar-refractivity contribution >= 4 is 0 Å². The van der Waals surface area contributed by atoms with E-state index in [-0.39, 0.29) is 0 Å². The standard InChI is InChI=1S/C12H27N/c1-6-8-9-12(4,5)10-11(3)13-7-2/h11,13H,6-10H2,1-5H3. The molecular weight excluding hydrogens is 158 g/mol. The molecule has 0 spiro atoms. The molecule has 0 aromatic heterocycles. The van der Waals surface area contributed by atoms with Crippen molar-refractivity contribution in [2.45, 2.75) is 66.3 Å². The molecule has 0 rings (SSSR count). The van der Waals surface area contributed by atoms with Crippen molar-refractivity contribution in [1.29, 1.82) is 0 Å². The SMILES string of the molecule is CCCCC(C)(C)CC(C)NCC. The van der Waals surface area contributed by atoms with Crippen LogP contribution in [0.25, 0.3) is 0 Å². The van der Waals surface area contributed by atoms with E-state index in [1.807, 2.05) is 0 Å². The van der Waals surface area contributed by atoms with Gasteiger partial charge < -0.3 is 5.32 Å². The van der Waals surface area contributed by atoms with Gasteiger partial charge in [0.05, 0.1) is 0 Å². The van der Waals surface area contributed by atoms with Crippen LogP contribution in [-0.4, -0.2) is 12.6 Å². The summed E-state index contributed by atoms with van der Waals surface area (Å²) in [6.45, 7) is 12.6. The highest BCUT2D eigenvalue weighted by Gasteiger charge is 2.19. The molecule has 0 saturated heterocycles. The first kappa shape index (κ1) is 13.0. The Morgan fingerprint density at radius 2 is 1.85 bits per heavy atom. The van der Waals surface area contributed by atoms with Crippen molar-refractivity contribution in [2.75, 3.05) is 6.54 Å². The lowest BCUT2D eigenvalue weighted by molar-refractivity contribution is 0.263. The molecular formula is C12H27N. The number of hydrogen-bond donors (Lipinski definition) is 1. The molecule has 13 heavy (non-hydrogen) atoms. The summed E-state index contributed by atoms with van der Waals surface area (Å²) < 4.78 is 0. The Hall–Kier alpha value is -0.0400. The zero-order valence-electron chi connectivity index (χ0n) is 10.1. The Kier molecular flexibility index (Phi) is 6.40. The van der Waals surface area contributed by atoms with E-state index >= 15 is 0 Å². The van der Waals surface area contributed by atoms with Crippen LogP contribution in [0.1, 0.15) is 60.3 Å². The van der Waals surface area contributed by atoms with Crippen LogP contribution in [0.3, 0.4) is 0 Å². The van der Waals surface area contributed by atoms with E-state index in [0.29, 0.717) is 11.5 Å². The molecule has 0 aliphatic heterocycles. The predicted molar refractivity (Wildman–Crippen MR) is 61.1 cm³/mol. The molecule has 0 heterocycles. The third-order valence-corrected chi connectivity index (χ3v) is 2.62. The molecule has 0 bridgehead atoms. The lowest BCUT2D eigenvalue weighted by Gasteiger charge is -2.28. The summed E-state index contributed by atoms with van der Waals surface area (Å²) in [5, 5.41) is 3.48. The lowest BCUT2D eigenvalue weighted by Crippen LogP contribution is -2.31. The van der Waals surface area contributed by atoms with E-state index in [0.717, 1.165) is 6.54 Å². The highest BCUT2D eigenvalue weighted by atomic mass is 14.9. The summed E-state index contributed by atoms with van der Waals surface area (Å²) in [5.41, 5.74) is 0.512. The Bertz CT molecular complexity index is 118. The summed E-state index contributed by atoms with van der Waals surface area (Å²) in [4.78, 5) is 0. The van der Waals surface area contributed by atoms with Crippen LogP contribution in [0.4, 0.5) is 0 Å². The van der Waals surface area contributed by atoms with E-state index in [1.54, 1.807) is 0 Å². The maximum atomic E-state index is 3.48. The molecule has 1 atom stereocenters. The molecule has 0 fully saturated rings. The summed E-state index contributed by atoms with van der Waals surface area (Å²) >= 11 is 0. The highest BCUT2D eigenvalue weighted by Crippen LogP contribution is 2.28. The van der Waals surface area contributed by atoms with Crippen molar-refractivity contribution in [1.82, 2.24) is 5.32 Å². The Balaban J connectivity index is 3.71. The Labute approximate surface area is 84.3 Å². The topological polar surface area (TPSA) is 12.0 Å². The second-order valence-electron chi connectivity index (χ2n) is 4.93. The minimum absolute atomic E-state index is 0.512. The molecule has 0 aromatic carbocycles. The molecule has 0 aromatic rings. The van der Waals surface area contributed by atoms with Gasteiger partial charge in [-0.25, -0.2) is 0 Å². The van der Waals surface area contributed by atoms with Crippen LogP contribution in [0.2, 0.25) is 0 Å². The predicted octanol–water partition coefficient (Wildman–Crippen LogP) is 3.59. The van der Waals surface area contributed by atoms with Crippen LogP contribution in [0.5, 0.6) is 0 Å². The van der Waals surface area contributed by atoms with Crippen molar-refractivity contribution < 1.29 is 0 Å². The van der Waals surface area contributed by atoms with Crippen LogP contribution in [-0.2, 0) is 0 Å². The third kappa shape index (κ3) is 7.06. The van der Waals surface area contributed by atoms with Crippen LogP contribution in [0.15, 0.2) is 0 Å². The first-order chi connectivity index (χ1) is 6.02. The molecule has 0 radical (unpaired) electrons. The van der Waals surface area contributed by atoms with Gasteiger partial charge in [-0.05, 0) is 31.7 Å². The van der Waals surface area contributed by atoms with Crippen LogP contribution in [0, 0.1) is 5.41 Å². The van der Waals surface area contributed by atoms with Gasteiger partial charge in [-0.15, -0.1) is 0 Å². The second kappa shape index (κ2) is 6.42. The number of unbranched alkanes of at least 4 members (excludes halogenated alkanes) is 1. The number of nitrogens with one attached hydrogen (secondary N) is 1. The van der Waals surface area contributed by atoms with Crippen molar-refractivity contribution in [2.24, 2.45) is 5.41 Å². The maximum absolute atomic E-state index is 3.48. The van der Waals surface area contributed by atoms with Gasteiger partial charge >= 0.3 is 0 Å². The summed E-state index contributed by atoms with van der Waals surface area (Å²) in [7, 11) is 0. The van der Waals surface area contributed by atoms with E-state index in [2.05, 4.69) is 39.9 Å². The van der Waals surface area contributed by atoms with Gasteiger partial charge in [0.1, 0.15) is 0 Å². The molecule has 1 nitrogen and oxygen atoms in total. The van der Waals surface area contributed by atoms with E-state index in [1.165, 1.54) is 25.7 Å². The fourth-order valence-corrected chi connectivity index (χ4v) is 2.01. The zero-order valence-corrected chi connectivity index (χ0v) is 10.1. The van der Waals surface area contributed by atoms with Crippen molar-refractivity contribution in [3.05, 3.63) is 0 Å². The fourth-order valence-electron chi connectivity index (χ4n) is 2.01. The average Bonchev–Trinajstić information content (AvgIpc) is 2.00. The molecule has 1 N–H and O–H groups in total. The van der Waals surface area contributed by atoms with Crippen molar-refractivity contribution in [3.63, 3.8) is 0 Å². The lowest BCUT2D eigenvalue weighted by atomic mass is 9.81. The first-order valence-electron chi connectivity index (χ1n) is 5.75. The van der Waals surface area contributed by atoms with Gasteiger partial charge in [-0.2, -0.15) is 0 Å².